The van der Waals surface area contributed by atoms with Crippen LogP contribution >= 0.6 is 11.3 Å². The zero-order chi connectivity index (χ0) is 18.0. The molecule has 2 aromatic rings. The molecule has 0 radical (unpaired) electrons. The van der Waals surface area contributed by atoms with Crippen LogP contribution in [0.25, 0.3) is 0 Å². The van der Waals surface area contributed by atoms with Gasteiger partial charge in [-0.15, -0.1) is 11.3 Å². The van der Waals surface area contributed by atoms with Crippen molar-refractivity contribution >= 4 is 27.0 Å². The van der Waals surface area contributed by atoms with Crippen LogP contribution in [0.3, 0.4) is 0 Å². The molecule has 0 spiro atoms. The first-order valence-corrected chi connectivity index (χ1v) is 11.1. The summed E-state index contributed by atoms with van der Waals surface area (Å²) in [6.45, 7) is 5.99. The molecule has 1 aliphatic rings. The Morgan fingerprint density at radius 2 is 1.96 bits per heavy atom. The number of fused-ring (bicyclic) bond motifs is 1. The number of nitrogens with zero attached hydrogens (tertiary/aromatic N) is 1. The predicted octanol–water partition coefficient (Wildman–Crippen LogP) is 3.51. The maximum Gasteiger partial charge on any atom is 0.229 e. The Balaban J connectivity index is 1.54. The summed E-state index contributed by atoms with van der Waals surface area (Å²) in [5.74, 6) is 0.743. The molecule has 0 aliphatic carbocycles. The largest absolute Gasteiger partial charge is 0.492 e. The van der Waals surface area contributed by atoms with E-state index in [1.807, 2.05) is 11.3 Å². The quantitative estimate of drug-likeness (QED) is 0.833. The molecule has 1 aromatic heterocycles. The van der Waals surface area contributed by atoms with Gasteiger partial charge in [-0.25, -0.2) is 8.42 Å². The summed E-state index contributed by atoms with van der Waals surface area (Å²) < 4.78 is 30.7. The average molecular weight is 381 g/mol. The molecule has 25 heavy (non-hydrogen) atoms. The Morgan fingerprint density at radius 1 is 1.24 bits per heavy atom. The molecule has 3 rings (SSSR count). The fraction of sp³-hybridized carbons (Fsp3) is 0.444. The number of benzene rings is 1. The number of sulfonamides is 1. The summed E-state index contributed by atoms with van der Waals surface area (Å²) >= 11 is 1.85. The van der Waals surface area contributed by atoms with Gasteiger partial charge in [0.15, 0.2) is 0 Å². The normalized spacial score (nSPS) is 20.9. The molecule has 7 heteroatoms. The van der Waals surface area contributed by atoms with Gasteiger partial charge in [-0.3, -0.25) is 9.62 Å². The molecule has 0 saturated carbocycles. The Bertz CT molecular complexity index is 815. The Hall–Kier alpha value is -1.57. The van der Waals surface area contributed by atoms with E-state index in [1.54, 1.807) is 24.3 Å². The van der Waals surface area contributed by atoms with Crippen LogP contribution in [0.4, 0.5) is 5.69 Å². The van der Waals surface area contributed by atoms with E-state index >= 15 is 0 Å². The maximum atomic E-state index is 11.2. The highest BCUT2D eigenvalue weighted by Gasteiger charge is 2.29. The Morgan fingerprint density at radius 3 is 2.64 bits per heavy atom. The minimum atomic E-state index is -3.25. The second-order valence-corrected chi connectivity index (χ2v) is 9.26. The first-order valence-electron chi connectivity index (χ1n) is 8.36. The number of anilines is 1. The minimum Gasteiger partial charge on any atom is -0.492 e. The van der Waals surface area contributed by atoms with E-state index in [-0.39, 0.29) is 0 Å². The zero-order valence-corrected chi connectivity index (χ0v) is 16.4. The van der Waals surface area contributed by atoms with Crippen molar-refractivity contribution in [1.82, 2.24) is 4.90 Å². The van der Waals surface area contributed by atoms with Gasteiger partial charge in [-0.05, 0) is 61.5 Å². The average Bonchev–Trinajstić information content (AvgIpc) is 2.99. The highest BCUT2D eigenvalue weighted by atomic mass is 32.2. The lowest BCUT2D eigenvalue weighted by molar-refractivity contribution is 0.114. The van der Waals surface area contributed by atoms with Crippen LogP contribution < -0.4 is 9.46 Å². The van der Waals surface area contributed by atoms with Gasteiger partial charge in [0.2, 0.25) is 10.0 Å². The first kappa shape index (κ1) is 18.2. The number of hydrogen-bond donors (Lipinski definition) is 1. The summed E-state index contributed by atoms with van der Waals surface area (Å²) in [5.41, 5.74) is 1.98. The van der Waals surface area contributed by atoms with Gasteiger partial charge in [0.1, 0.15) is 12.4 Å². The molecule has 1 aromatic carbocycles. The van der Waals surface area contributed by atoms with Crippen molar-refractivity contribution in [1.29, 1.82) is 0 Å². The second-order valence-electron chi connectivity index (χ2n) is 6.51. The molecule has 1 aliphatic heterocycles. The molecule has 0 amide bonds. The molecule has 0 unspecified atom stereocenters. The lowest BCUT2D eigenvalue weighted by Crippen LogP contribution is -2.42. The van der Waals surface area contributed by atoms with Gasteiger partial charge in [0, 0.05) is 29.2 Å². The highest BCUT2D eigenvalue weighted by molar-refractivity contribution is 7.92. The second kappa shape index (κ2) is 7.35. The van der Waals surface area contributed by atoms with E-state index in [0.29, 0.717) is 24.4 Å². The summed E-state index contributed by atoms with van der Waals surface area (Å²) in [6.07, 6.45) is 2.24. The van der Waals surface area contributed by atoms with E-state index in [1.165, 1.54) is 10.4 Å². The molecule has 1 N–H and O–H groups in total. The molecule has 0 saturated heterocycles. The number of hydrogen-bond acceptors (Lipinski definition) is 5. The number of rotatable bonds is 6. The van der Waals surface area contributed by atoms with Crippen molar-refractivity contribution in [2.45, 2.75) is 32.4 Å². The summed E-state index contributed by atoms with van der Waals surface area (Å²) in [7, 11) is -3.25. The third-order valence-electron chi connectivity index (χ3n) is 4.55. The first-order chi connectivity index (χ1) is 11.8. The van der Waals surface area contributed by atoms with Crippen molar-refractivity contribution in [3.8, 4) is 5.75 Å². The molecule has 0 fully saturated rings. The van der Waals surface area contributed by atoms with Crippen LogP contribution in [0.15, 0.2) is 35.7 Å². The molecule has 0 bridgehead atoms. The van der Waals surface area contributed by atoms with Gasteiger partial charge in [-0.2, -0.15) is 0 Å². The van der Waals surface area contributed by atoms with E-state index in [2.05, 4.69) is 34.9 Å². The van der Waals surface area contributed by atoms with Gasteiger partial charge in [-0.1, -0.05) is 0 Å². The van der Waals surface area contributed by atoms with Gasteiger partial charge in [0.05, 0.1) is 6.26 Å². The Labute approximate surface area is 153 Å². The number of ether oxygens (including phenoxy) is 1. The van der Waals surface area contributed by atoms with Crippen LogP contribution in [0.1, 0.15) is 30.3 Å². The lowest BCUT2D eigenvalue weighted by Gasteiger charge is -2.38. The van der Waals surface area contributed by atoms with Crippen molar-refractivity contribution in [3.05, 3.63) is 46.2 Å². The van der Waals surface area contributed by atoms with E-state index in [9.17, 15) is 8.42 Å². The van der Waals surface area contributed by atoms with Crippen LogP contribution in [0.5, 0.6) is 5.75 Å². The molecular weight excluding hydrogens is 356 g/mol. The minimum absolute atomic E-state index is 0.412. The fourth-order valence-corrected chi connectivity index (χ4v) is 5.01. The van der Waals surface area contributed by atoms with Crippen molar-refractivity contribution in [3.63, 3.8) is 0 Å². The molecule has 136 valence electrons. The lowest BCUT2D eigenvalue weighted by atomic mass is 9.96. The molecule has 5 nitrogen and oxygen atoms in total. The third kappa shape index (κ3) is 4.54. The van der Waals surface area contributed by atoms with E-state index < -0.39 is 10.0 Å². The smallest absolute Gasteiger partial charge is 0.229 e. The predicted molar refractivity (Wildman–Crippen MR) is 103 cm³/mol. The number of nitrogens with one attached hydrogen (secondary N) is 1. The van der Waals surface area contributed by atoms with E-state index in [4.69, 9.17) is 4.74 Å². The van der Waals surface area contributed by atoms with Crippen LogP contribution in [0.2, 0.25) is 0 Å². The third-order valence-corrected chi connectivity index (χ3v) is 6.12. The maximum absolute atomic E-state index is 11.2. The van der Waals surface area contributed by atoms with Crippen LogP contribution in [0, 0.1) is 0 Å². The molecular formula is C18H24N2O3S2. The molecule has 2 heterocycles. The van der Waals surface area contributed by atoms with Crippen LogP contribution in [-0.4, -0.2) is 38.8 Å². The standard InChI is InChI=1S/C18H24N2O3S2/c1-13-12-18-17(8-11-24-18)14(2)20(13)9-10-23-16-6-4-15(5-7-16)19-25(3,21)22/h4-8,11,13-14,19H,9-10,12H2,1-3H3/t13-,14+/m1/s1. The van der Waals surface area contributed by atoms with Gasteiger partial charge < -0.3 is 4.74 Å². The summed E-state index contributed by atoms with van der Waals surface area (Å²) in [5, 5.41) is 2.18. The van der Waals surface area contributed by atoms with Crippen molar-refractivity contribution < 1.29 is 13.2 Å². The highest BCUT2D eigenvalue weighted by Crippen LogP contribution is 2.35. The van der Waals surface area contributed by atoms with Crippen LogP contribution in [-0.2, 0) is 16.4 Å². The Kier molecular flexibility index (Phi) is 5.36. The van der Waals surface area contributed by atoms with E-state index in [0.717, 1.165) is 25.0 Å². The topological polar surface area (TPSA) is 58.6 Å². The fourth-order valence-electron chi connectivity index (χ4n) is 3.35. The summed E-state index contributed by atoms with van der Waals surface area (Å²) in [6, 6.07) is 10.1. The van der Waals surface area contributed by atoms with Crippen molar-refractivity contribution in [2.24, 2.45) is 0 Å². The SMILES string of the molecule is C[C@@H]1Cc2sccc2[C@H](C)N1CCOc1ccc(NS(C)(=O)=O)cc1. The summed E-state index contributed by atoms with van der Waals surface area (Å²) in [4.78, 5) is 3.99. The molecule has 2 atom stereocenters. The zero-order valence-electron chi connectivity index (χ0n) is 14.7. The van der Waals surface area contributed by atoms with Gasteiger partial charge in [0.25, 0.3) is 0 Å². The number of thiophene rings is 1. The monoisotopic (exact) mass is 380 g/mol. The van der Waals surface area contributed by atoms with Gasteiger partial charge >= 0.3 is 0 Å². The van der Waals surface area contributed by atoms with Crippen molar-refractivity contribution in [2.75, 3.05) is 24.1 Å².